The molecule has 0 saturated carbocycles. The number of carbonyl (C=O) groups excluding carboxylic acids is 2. The molecule has 10 heteroatoms. The molecule has 0 bridgehead atoms. The zero-order chi connectivity index (χ0) is 32.6. The number of amides is 3. The molecule has 46 heavy (non-hydrogen) atoms. The summed E-state index contributed by atoms with van der Waals surface area (Å²) in [7, 11) is 1.69. The van der Waals surface area contributed by atoms with Gasteiger partial charge in [-0.1, -0.05) is 45.0 Å². The highest BCUT2D eigenvalue weighted by Gasteiger charge is 2.32. The van der Waals surface area contributed by atoms with Gasteiger partial charge in [-0.2, -0.15) is 0 Å². The Labute approximate surface area is 269 Å². The second kappa shape index (κ2) is 12.4. The lowest BCUT2D eigenvalue weighted by Gasteiger charge is -2.26. The summed E-state index contributed by atoms with van der Waals surface area (Å²) < 4.78 is 6.85. The van der Waals surface area contributed by atoms with Gasteiger partial charge in [0.15, 0.2) is 5.82 Å². The van der Waals surface area contributed by atoms with Crippen molar-refractivity contribution in [3.05, 3.63) is 100.0 Å². The quantitative estimate of drug-likeness (QED) is 0.296. The van der Waals surface area contributed by atoms with E-state index >= 15 is 0 Å². The minimum atomic E-state index is -0.283. The average molecular weight is 621 g/mol. The van der Waals surface area contributed by atoms with Crippen LogP contribution < -0.4 is 20.7 Å². The fourth-order valence-corrected chi connectivity index (χ4v) is 5.93. The van der Waals surface area contributed by atoms with Crippen molar-refractivity contribution >= 4 is 34.8 Å². The number of nitrogens with zero attached hydrogens (tertiary/aromatic N) is 5. The number of rotatable bonds is 6. The van der Waals surface area contributed by atoms with Crippen LogP contribution in [0.5, 0.6) is 0 Å². The molecule has 3 aromatic carbocycles. The van der Waals surface area contributed by atoms with Gasteiger partial charge in [-0.05, 0) is 65.9 Å². The van der Waals surface area contributed by atoms with Crippen LogP contribution in [0.25, 0.3) is 11.3 Å². The van der Waals surface area contributed by atoms with Crippen LogP contribution in [0.15, 0.2) is 77.7 Å². The summed E-state index contributed by atoms with van der Waals surface area (Å²) in [5.41, 5.74) is 6.19. The Morgan fingerprint density at radius 2 is 1.54 bits per heavy atom. The average Bonchev–Trinajstić information content (AvgIpc) is 3.44. The number of anilines is 4. The van der Waals surface area contributed by atoms with Crippen LogP contribution >= 0.6 is 0 Å². The Morgan fingerprint density at radius 1 is 0.870 bits per heavy atom. The van der Waals surface area contributed by atoms with Crippen molar-refractivity contribution in [1.29, 1.82) is 0 Å². The SMILES string of the molecule is Cc1c(-c2cn(C)c(=O)c(Nc3ccc(C(=O)N4CCOCC4)cc3)n2)cccc1N1CCN(c2ccc(C(C)(C)C)cc2)C1=O. The fraction of sp³-hybridized carbons (Fsp3) is 0.333. The Kier molecular flexibility index (Phi) is 8.39. The Bertz CT molecular complexity index is 1820. The summed E-state index contributed by atoms with van der Waals surface area (Å²) in [6.07, 6.45) is 1.71. The highest BCUT2D eigenvalue weighted by Crippen LogP contribution is 2.34. The number of hydrogen-bond acceptors (Lipinski definition) is 6. The molecule has 3 heterocycles. The molecule has 2 fully saturated rings. The summed E-state index contributed by atoms with van der Waals surface area (Å²) in [6, 6.07) is 21.0. The van der Waals surface area contributed by atoms with E-state index in [1.54, 1.807) is 47.3 Å². The van der Waals surface area contributed by atoms with E-state index in [4.69, 9.17) is 9.72 Å². The zero-order valence-electron chi connectivity index (χ0n) is 27.0. The van der Waals surface area contributed by atoms with Crippen molar-refractivity contribution < 1.29 is 14.3 Å². The number of aryl methyl sites for hydroxylation is 1. The lowest BCUT2D eigenvalue weighted by molar-refractivity contribution is 0.0303. The van der Waals surface area contributed by atoms with E-state index in [9.17, 15) is 14.4 Å². The maximum Gasteiger partial charge on any atom is 0.329 e. The molecule has 0 unspecified atom stereocenters. The lowest BCUT2D eigenvalue weighted by Crippen LogP contribution is -2.40. The number of nitrogens with one attached hydrogen (secondary N) is 1. The smallest absolute Gasteiger partial charge is 0.329 e. The molecule has 4 aromatic rings. The van der Waals surface area contributed by atoms with Crippen LogP contribution in [0.4, 0.5) is 27.7 Å². The summed E-state index contributed by atoms with van der Waals surface area (Å²) in [5, 5.41) is 3.14. The van der Waals surface area contributed by atoms with Crippen LogP contribution in [-0.2, 0) is 17.2 Å². The van der Waals surface area contributed by atoms with Gasteiger partial charge in [-0.3, -0.25) is 19.4 Å². The molecule has 0 spiro atoms. The molecule has 1 N–H and O–H groups in total. The molecule has 6 rings (SSSR count). The molecule has 10 nitrogen and oxygen atoms in total. The molecule has 238 valence electrons. The maximum atomic E-state index is 13.7. The number of urea groups is 1. The van der Waals surface area contributed by atoms with Crippen LogP contribution in [0, 0.1) is 6.92 Å². The Hall–Kier alpha value is -4.96. The van der Waals surface area contributed by atoms with E-state index in [0.29, 0.717) is 56.3 Å². The number of ether oxygens (including phenoxy) is 1. The van der Waals surface area contributed by atoms with Gasteiger partial charge in [-0.25, -0.2) is 9.78 Å². The van der Waals surface area contributed by atoms with E-state index in [1.807, 2.05) is 42.2 Å². The van der Waals surface area contributed by atoms with Crippen LogP contribution in [0.2, 0.25) is 0 Å². The first-order valence-electron chi connectivity index (χ1n) is 15.6. The third-order valence-corrected chi connectivity index (χ3v) is 8.69. The van der Waals surface area contributed by atoms with E-state index in [0.717, 1.165) is 22.5 Å². The van der Waals surface area contributed by atoms with Crippen molar-refractivity contribution in [3.8, 4) is 11.3 Å². The van der Waals surface area contributed by atoms with Gasteiger partial charge < -0.3 is 19.5 Å². The molecular weight excluding hydrogens is 580 g/mol. The van der Waals surface area contributed by atoms with Crippen LogP contribution in [0.1, 0.15) is 42.3 Å². The first-order chi connectivity index (χ1) is 22.0. The van der Waals surface area contributed by atoms with Crippen molar-refractivity contribution in [2.24, 2.45) is 7.05 Å². The summed E-state index contributed by atoms with van der Waals surface area (Å²) >= 11 is 0. The Balaban J connectivity index is 1.23. The van der Waals surface area contributed by atoms with Crippen molar-refractivity contribution in [3.63, 3.8) is 0 Å². The molecule has 2 aliphatic rings. The van der Waals surface area contributed by atoms with Gasteiger partial charge in [0.1, 0.15) is 0 Å². The second-order valence-corrected chi connectivity index (χ2v) is 12.8. The van der Waals surface area contributed by atoms with Gasteiger partial charge in [0, 0.05) is 67.6 Å². The van der Waals surface area contributed by atoms with Crippen molar-refractivity contribution in [1.82, 2.24) is 14.5 Å². The first-order valence-corrected chi connectivity index (χ1v) is 15.6. The number of benzene rings is 3. The third kappa shape index (κ3) is 6.12. The molecule has 2 aliphatic heterocycles. The van der Waals surface area contributed by atoms with Gasteiger partial charge >= 0.3 is 6.03 Å². The second-order valence-electron chi connectivity index (χ2n) is 12.8. The topological polar surface area (TPSA) is 100 Å². The summed E-state index contributed by atoms with van der Waals surface area (Å²) in [4.78, 5) is 49.7. The number of hydrogen-bond donors (Lipinski definition) is 1. The molecule has 0 atom stereocenters. The molecule has 1 aromatic heterocycles. The third-order valence-electron chi connectivity index (χ3n) is 8.69. The highest BCUT2D eigenvalue weighted by molar-refractivity contribution is 6.07. The molecular formula is C36H40N6O4. The number of aromatic nitrogens is 2. The monoisotopic (exact) mass is 620 g/mol. The summed E-state index contributed by atoms with van der Waals surface area (Å²) in [5.74, 6) is 0.124. The standard InChI is InChI=1S/C36H40N6O4/c1-24-29(7-6-8-31(24)42-18-17-41(35(42)45)28-15-11-26(12-16-28)36(2,3)4)30-23-39(5)34(44)32(38-30)37-27-13-9-25(10-14-27)33(43)40-19-21-46-22-20-40/h6-16,23H,17-22H2,1-5H3,(H,37,38). The predicted molar refractivity (Wildman–Crippen MR) is 181 cm³/mol. The van der Waals surface area contributed by atoms with Crippen molar-refractivity contribution in [2.75, 3.05) is 54.5 Å². The zero-order valence-corrected chi connectivity index (χ0v) is 27.0. The van der Waals surface area contributed by atoms with Gasteiger partial charge in [-0.15, -0.1) is 0 Å². The first kappa shape index (κ1) is 31.0. The minimum Gasteiger partial charge on any atom is -0.378 e. The molecule has 0 aliphatic carbocycles. The largest absolute Gasteiger partial charge is 0.378 e. The van der Waals surface area contributed by atoms with Crippen LogP contribution in [0.3, 0.4) is 0 Å². The van der Waals surface area contributed by atoms with Gasteiger partial charge in [0.05, 0.1) is 18.9 Å². The molecule has 3 amide bonds. The number of carbonyl (C=O) groups is 2. The normalized spacial score (nSPS) is 15.4. The lowest BCUT2D eigenvalue weighted by atomic mass is 9.87. The summed E-state index contributed by atoms with van der Waals surface area (Å²) in [6.45, 7) is 11.9. The van der Waals surface area contributed by atoms with E-state index in [1.165, 1.54) is 10.1 Å². The highest BCUT2D eigenvalue weighted by atomic mass is 16.5. The van der Waals surface area contributed by atoms with Gasteiger partial charge in [0.2, 0.25) is 0 Å². The molecule has 0 radical (unpaired) electrons. The van der Waals surface area contributed by atoms with Gasteiger partial charge in [0.25, 0.3) is 11.5 Å². The fourth-order valence-electron chi connectivity index (χ4n) is 5.93. The number of morpholine rings is 1. The van der Waals surface area contributed by atoms with E-state index in [-0.39, 0.29) is 28.7 Å². The van der Waals surface area contributed by atoms with E-state index in [2.05, 4.69) is 38.2 Å². The van der Waals surface area contributed by atoms with E-state index < -0.39 is 0 Å². The maximum absolute atomic E-state index is 13.7. The Morgan fingerprint density at radius 3 is 2.22 bits per heavy atom. The van der Waals surface area contributed by atoms with Crippen LogP contribution in [-0.4, -0.2) is 65.8 Å². The minimum absolute atomic E-state index is 0.0374. The van der Waals surface area contributed by atoms with Crippen molar-refractivity contribution in [2.45, 2.75) is 33.1 Å². The predicted octanol–water partition coefficient (Wildman–Crippen LogP) is 5.72. The molecule has 2 saturated heterocycles.